The van der Waals surface area contributed by atoms with Gasteiger partial charge in [0.1, 0.15) is 11.6 Å². The minimum atomic E-state index is -0.445. The molecule has 32 heavy (non-hydrogen) atoms. The molecule has 0 unspecified atom stereocenters. The zero-order valence-corrected chi connectivity index (χ0v) is 17.4. The number of benzene rings is 3. The van der Waals surface area contributed by atoms with Crippen molar-refractivity contribution in [3.05, 3.63) is 114 Å². The van der Waals surface area contributed by atoms with E-state index in [0.717, 1.165) is 5.56 Å². The van der Waals surface area contributed by atoms with Crippen molar-refractivity contribution in [1.82, 2.24) is 9.97 Å². The first-order valence-electron chi connectivity index (χ1n) is 10.0. The normalized spacial score (nSPS) is 10.6. The Balaban J connectivity index is 1.65. The molecule has 2 N–H and O–H groups in total. The summed E-state index contributed by atoms with van der Waals surface area (Å²) >= 11 is 0. The molecule has 0 saturated carbocycles. The van der Waals surface area contributed by atoms with Crippen LogP contribution in [0.3, 0.4) is 0 Å². The van der Waals surface area contributed by atoms with Gasteiger partial charge in [-0.1, -0.05) is 30.3 Å². The number of imidazole rings is 1. The smallest absolute Gasteiger partial charge is 0.258 e. The Morgan fingerprint density at radius 3 is 2.53 bits per heavy atom. The lowest BCUT2D eigenvalue weighted by atomic mass is 10.1. The summed E-state index contributed by atoms with van der Waals surface area (Å²) in [5, 5.41) is 2.87. The fourth-order valence-electron chi connectivity index (χ4n) is 3.29. The molecule has 7 heteroatoms. The summed E-state index contributed by atoms with van der Waals surface area (Å²) in [5.74, 6) is -0.495. The van der Waals surface area contributed by atoms with Crippen molar-refractivity contribution in [2.45, 2.75) is 13.5 Å². The number of hydrogen-bond acceptors (Lipinski definition) is 3. The van der Waals surface area contributed by atoms with Gasteiger partial charge in [0, 0.05) is 34.9 Å². The predicted octanol–water partition coefficient (Wildman–Crippen LogP) is 4.96. The Kier molecular flexibility index (Phi) is 6.07. The van der Waals surface area contributed by atoms with Crippen LogP contribution < -0.4 is 10.2 Å². The van der Waals surface area contributed by atoms with Gasteiger partial charge in [0.2, 0.25) is 0 Å². The van der Waals surface area contributed by atoms with Gasteiger partial charge in [-0.05, 0) is 55.0 Å². The number of nitrogens with zero attached hydrogens (tertiary/aromatic N) is 2. The van der Waals surface area contributed by atoms with Gasteiger partial charge in [0.25, 0.3) is 11.8 Å². The quantitative estimate of drug-likeness (QED) is 0.456. The summed E-state index contributed by atoms with van der Waals surface area (Å²) in [4.78, 5) is 34.6. The van der Waals surface area contributed by atoms with Crippen molar-refractivity contribution in [1.29, 1.82) is 0 Å². The van der Waals surface area contributed by atoms with Crippen LogP contribution in [0.1, 0.15) is 32.1 Å². The second-order valence-electron chi connectivity index (χ2n) is 7.26. The number of carbonyl (C=O) groups excluding carboxylic acids is 2. The van der Waals surface area contributed by atoms with E-state index < -0.39 is 5.82 Å². The minimum absolute atomic E-state index is 0.134. The Bertz CT molecular complexity index is 1240. The third-order valence-corrected chi connectivity index (χ3v) is 5.00. The molecule has 2 amide bonds. The number of rotatable bonds is 6. The average molecular weight is 428 g/mol. The second-order valence-corrected chi connectivity index (χ2v) is 7.26. The lowest BCUT2D eigenvalue weighted by Crippen LogP contribution is -2.31. The van der Waals surface area contributed by atoms with Crippen LogP contribution in [-0.4, -0.2) is 21.8 Å². The van der Waals surface area contributed by atoms with Crippen molar-refractivity contribution in [3.63, 3.8) is 0 Å². The van der Waals surface area contributed by atoms with Crippen molar-refractivity contribution >= 4 is 23.2 Å². The summed E-state index contributed by atoms with van der Waals surface area (Å²) in [6.45, 7) is 1.98. The highest BCUT2D eigenvalue weighted by Gasteiger charge is 2.21. The van der Waals surface area contributed by atoms with Crippen LogP contribution in [0.5, 0.6) is 0 Å². The van der Waals surface area contributed by atoms with E-state index in [0.29, 0.717) is 28.3 Å². The van der Waals surface area contributed by atoms with Crippen molar-refractivity contribution in [2.24, 2.45) is 0 Å². The molecule has 0 aliphatic carbocycles. The summed E-state index contributed by atoms with van der Waals surface area (Å²) < 4.78 is 13.9. The van der Waals surface area contributed by atoms with Gasteiger partial charge in [0.15, 0.2) is 0 Å². The maximum Gasteiger partial charge on any atom is 0.258 e. The van der Waals surface area contributed by atoms with Gasteiger partial charge in [-0.2, -0.15) is 0 Å². The van der Waals surface area contributed by atoms with Gasteiger partial charge in [-0.3, -0.25) is 9.59 Å². The molecule has 0 aliphatic rings. The summed E-state index contributed by atoms with van der Waals surface area (Å²) in [6.07, 6.45) is 3.25. The van der Waals surface area contributed by atoms with Gasteiger partial charge < -0.3 is 15.2 Å². The Morgan fingerprint density at radius 1 is 1.00 bits per heavy atom. The van der Waals surface area contributed by atoms with Gasteiger partial charge in [-0.15, -0.1) is 0 Å². The predicted molar refractivity (Wildman–Crippen MR) is 121 cm³/mol. The van der Waals surface area contributed by atoms with E-state index in [1.54, 1.807) is 67.0 Å². The molecule has 0 bridgehead atoms. The first-order valence-corrected chi connectivity index (χ1v) is 10.0. The van der Waals surface area contributed by atoms with E-state index in [4.69, 9.17) is 0 Å². The number of nitrogens with one attached hydrogen (secondary N) is 2. The minimum Gasteiger partial charge on any atom is -0.347 e. The standard InChI is InChI=1S/C25H21FN4O2/c1-17-10-11-19(14-22(17)29-24(31)18-6-3-2-4-7-18)25(32)30(16-23-27-12-13-28-23)21-9-5-8-20(26)15-21/h2-15H,16H2,1H3,(H,27,28)(H,29,31). The maximum atomic E-state index is 13.9. The number of aromatic nitrogens is 2. The number of halogens is 1. The highest BCUT2D eigenvalue weighted by atomic mass is 19.1. The zero-order chi connectivity index (χ0) is 22.5. The van der Waals surface area contributed by atoms with Crippen LogP contribution in [0.4, 0.5) is 15.8 Å². The van der Waals surface area contributed by atoms with Crippen LogP contribution in [0.25, 0.3) is 0 Å². The number of amides is 2. The molecule has 0 aliphatic heterocycles. The molecular weight excluding hydrogens is 407 g/mol. The number of hydrogen-bond donors (Lipinski definition) is 2. The Morgan fingerprint density at radius 2 is 1.81 bits per heavy atom. The maximum absolute atomic E-state index is 13.9. The Labute approximate surface area is 184 Å². The Hall–Kier alpha value is -4.26. The van der Waals surface area contributed by atoms with Crippen LogP contribution in [-0.2, 0) is 6.54 Å². The van der Waals surface area contributed by atoms with Crippen LogP contribution in [0, 0.1) is 12.7 Å². The number of carbonyl (C=O) groups is 2. The molecule has 6 nitrogen and oxygen atoms in total. The fourth-order valence-corrected chi connectivity index (χ4v) is 3.29. The topological polar surface area (TPSA) is 78.1 Å². The lowest BCUT2D eigenvalue weighted by Gasteiger charge is -2.23. The molecule has 0 radical (unpaired) electrons. The van der Waals surface area contributed by atoms with E-state index in [-0.39, 0.29) is 18.4 Å². The SMILES string of the molecule is Cc1ccc(C(=O)N(Cc2ncc[nH]2)c2cccc(F)c2)cc1NC(=O)c1ccccc1. The van der Waals surface area contributed by atoms with Crippen molar-refractivity contribution in [2.75, 3.05) is 10.2 Å². The molecule has 1 heterocycles. The monoisotopic (exact) mass is 428 g/mol. The van der Waals surface area contributed by atoms with Gasteiger partial charge in [0.05, 0.1) is 6.54 Å². The summed E-state index contributed by atoms with van der Waals surface area (Å²) in [5.41, 5.74) is 2.62. The van der Waals surface area contributed by atoms with Crippen LogP contribution >= 0.6 is 0 Å². The molecular formula is C25H21FN4O2. The number of H-pyrrole nitrogens is 1. The number of aromatic amines is 1. The summed E-state index contributed by atoms with van der Waals surface area (Å²) in [7, 11) is 0. The largest absolute Gasteiger partial charge is 0.347 e. The molecule has 0 saturated heterocycles. The summed E-state index contributed by atoms with van der Waals surface area (Å²) in [6, 6.07) is 19.8. The first kappa shape index (κ1) is 21.0. The third-order valence-electron chi connectivity index (χ3n) is 5.00. The molecule has 1 aromatic heterocycles. The molecule has 4 rings (SSSR count). The number of anilines is 2. The molecule has 160 valence electrons. The highest BCUT2D eigenvalue weighted by Crippen LogP contribution is 2.24. The third kappa shape index (κ3) is 4.73. The molecule has 3 aromatic carbocycles. The molecule has 0 spiro atoms. The van der Waals surface area contributed by atoms with Gasteiger partial charge >= 0.3 is 0 Å². The fraction of sp³-hybridized carbons (Fsp3) is 0.0800. The molecule has 0 atom stereocenters. The average Bonchev–Trinajstić information content (AvgIpc) is 3.32. The van der Waals surface area contributed by atoms with E-state index in [2.05, 4.69) is 15.3 Å². The van der Waals surface area contributed by atoms with E-state index in [9.17, 15) is 14.0 Å². The second kappa shape index (κ2) is 9.26. The van der Waals surface area contributed by atoms with Gasteiger partial charge in [-0.25, -0.2) is 9.37 Å². The lowest BCUT2D eigenvalue weighted by molar-refractivity contribution is 0.0982. The van der Waals surface area contributed by atoms with Crippen molar-refractivity contribution in [3.8, 4) is 0 Å². The van der Waals surface area contributed by atoms with Crippen LogP contribution in [0.15, 0.2) is 85.2 Å². The molecule has 4 aromatic rings. The highest BCUT2D eigenvalue weighted by molar-refractivity contribution is 6.08. The van der Waals surface area contributed by atoms with E-state index in [1.165, 1.54) is 17.0 Å². The van der Waals surface area contributed by atoms with Crippen LogP contribution in [0.2, 0.25) is 0 Å². The molecule has 0 fully saturated rings. The zero-order valence-electron chi connectivity index (χ0n) is 17.4. The van der Waals surface area contributed by atoms with E-state index >= 15 is 0 Å². The van der Waals surface area contributed by atoms with E-state index in [1.807, 2.05) is 13.0 Å². The van der Waals surface area contributed by atoms with Crippen molar-refractivity contribution < 1.29 is 14.0 Å². The number of aryl methyl sites for hydroxylation is 1. The first-order chi connectivity index (χ1) is 15.5.